The van der Waals surface area contributed by atoms with Gasteiger partial charge in [0.15, 0.2) is 6.10 Å². The molecule has 0 amide bonds. The molecule has 0 saturated carbocycles. The molecule has 0 aliphatic heterocycles. The van der Waals surface area contributed by atoms with E-state index in [0.717, 1.165) is 28.0 Å². The predicted molar refractivity (Wildman–Crippen MR) is 88.5 cm³/mol. The van der Waals surface area contributed by atoms with Crippen molar-refractivity contribution in [3.8, 4) is 5.75 Å². The quantitative estimate of drug-likeness (QED) is 0.762. The fraction of sp³-hybridized carbons (Fsp3) is 0.316. The summed E-state index contributed by atoms with van der Waals surface area (Å²) in [7, 11) is 2.84. The Morgan fingerprint density at radius 2 is 1.87 bits per heavy atom. The summed E-state index contributed by atoms with van der Waals surface area (Å²) in [5.74, 6) is 0.451. The number of hydrogen-bond donors (Lipinski definition) is 0. The molecule has 0 aromatic heterocycles. The van der Waals surface area contributed by atoms with E-state index in [1.807, 2.05) is 50.2 Å². The van der Waals surface area contributed by atoms with E-state index < -0.39 is 12.1 Å². The third-order valence-corrected chi connectivity index (χ3v) is 3.64. The molecule has 4 nitrogen and oxygen atoms in total. The minimum absolute atomic E-state index is 0.417. The summed E-state index contributed by atoms with van der Waals surface area (Å²) in [6.07, 6.45) is -0.722. The van der Waals surface area contributed by atoms with E-state index in [-0.39, 0.29) is 0 Å². The lowest BCUT2D eigenvalue weighted by atomic mass is 10.1. The molecule has 0 aliphatic carbocycles. The van der Waals surface area contributed by atoms with E-state index in [9.17, 15) is 4.79 Å². The molecule has 4 heteroatoms. The van der Waals surface area contributed by atoms with Gasteiger partial charge in [0.2, 0.25) is 0 Å². The second-order valence-corrected chi connectivity index (χ2v) is 5.44. The van der Waals surface area contributed by atoms with Crippen LogP contribution in [0.4, 0.5) is 0 Å². The first-order chi connectivity index (χ1) is 11.0. The summed E-state index contributed by atoms with van der Waals surface area (Å²) in [6.45, 7) is 4.48. The van der Waals surface area contributed by atoms with Gasteiger partial charge in [-0.05, 0) is 48.2 Å². The van der Waals surface area contributed by atoms with Crippen molar-refractivity contribution >= 4 is 5.97 Å². The van der Waals surface area contributed by atoms with E-state index >= 15 is 0 Å². The molecule has 0 fully saturated rings. The van der Waals surface area contributed by atoms with Gasteiger partial charge in [0.25, 0.3) is 0 Å². The lowest BCUT2D eigenvalue weighted by Crippen LogP contribution is -2.16. The van der Waals surface area contributed by atoms with Crippen LogP contribution in [-0.4, -0.2) is 20.2 Å². The van der Waals surface area contributed by atoms with Crippen molar-refractivity contribution < 1.29 is 19.0 Å². The van der Waals surface area contributed by atoms with Gasteiger partial charge in [-0.1, -0.05) is 30.3 Å². The Hall–Kier alpha value is -2.33. The standard InChI is InChI=1S/C19H22O4/c1-13-8-9-14(2)17(10-13)23-12-15-6-5-7-16(11-15)18(21-3)19(20)22-4/h5-11,18H,12H2,1-4H3. The number of ether oxygens (including phenoxy) is 3. The summed E-state index contributed by atoms with van der Waals surface area (Å²) in [6, 6.07) is 13.7. The fourth-order valence-corrected chi connectivity index (χ4v) is 2.35. The van der Waals surface area contributed by atoms with Crippen LogP contribution in [0.5, 0.6) is 5.75 Å². The van der Waals surface area contributed by atoms with Gasteiger partial charge >= 0.3 is 5.97 Å². The maximum atomic E-state index is 11.7. The first kappa shape index (κ1) is 17.0. The molecule has 0 bridgehead atoms. The molecule has 1 unspecified atom stereocenters. The Labute approximate surface area is 137 Å². The number of esters is 1. The van der Waals surface area contributed by atoms with E-state index in [4.69, 9.17) is 14.2 Å². The Morgan fingerprint density at radius 1 is 1.09 bits per heavy atom. The molecule has 0 radical (unpaired) electrons. The molecular formula is C19H22O4. The van der Waals surface area contributed by atoms with E-state index in [1.54, 1.807) is 0 Å². The largest absolute Gasteiger partial charge is 0.489 e. The van der Waals surface area contributed by atoms with Crippen LogP contribution in [0.15, 0.2) is 42.5 Å². The van der Waals surface area contributed by atoms with Crippen molar-refractivity contribution in [3.63, 3.8) is 0 Å². The second-order valence-electron chi connectivity index (χ2n) is 5.44. The average Bonchev–Trinajstić information content (AvgIpc) is 2.56. The molecule has 0 heterocycles. The van der Waals surface area contributed by atoms with Crippen LogP contribution in [0.25, 0.3) is 0 Å². The van der Waals surface area contributed by atoms with Gasteiger partial charge in [0, 0.05) is 7.11 Å². The van der Waals surface area contributed by atoms with Crippen molar-refractivity contribution in [1.29, 1.82) is 0 Å². The number of methoxy groups -OCH3 is 2. The number of aryl methyl sites for hydroxylation is 2. The molecule has 2 aromatic carbocycles. The van der Waals surface area contributed by atoms with E-state index in [1.165, 1.54) is 14.2 Å². The highest BCUT2D eigenvalue weighted by Crippen LogP contribution is 2.23. The van der Waals surface area contributed by atoms with Crippen molar-refractivity contribution in [2.75, 3.05) is 14.2 Å². The number of hydrogen-bond acceptors (Lipinski definition) is 4. The van der Waals surface area contributed by atoms with Gasteiger partial charge in [-0.25, -0.2) is 4.79 Å². The minimum Gasteiger partial charge on any atom is -0.489 e. The van der Waals surface area contributed by atoms with Crippen molar-refractivity contribution in [3.05, 3.63) is 64.7 Å². The normalized spacial score (nSPS) is 11.8. The van der Waals surface area contributed by atoms with Crippen LogP contribution in [0.2, 0.25) is 0 Å². The molecule has 0 N–H and O–H groups in total. The average molecular weight is 314 g/mol. The third kappa shape index (κ3) is 4.33. The highest BCUT2D eigenvalue weighted by Gasteiger charge is 2.20. The Bertz CT molecular complexity index is 679. The molecular weight excluding hydrogens is 292 g/mol. The summed E-state index contributed by atoms with van der Waals surface area (Å²) >= 11 is 0. The van der Waals surface area contributed by atoms with Gasteiger partial charge in [0.1, 0.15) is 12.4 Å². The monoisotopic (exact) mass is 314 g/mol. The topological polar surface area (TPSA) is 44.8 Å². The van der Waals surface area contributed by atoms with E-state index in [2.05, 4.69) is 6.07 Å². The lowest BCUT2D eigenvalue weighted by molar-refractivity contribution is -0.152. The minimum atomic E-state index is -0.722. The van der Waals surface area contributed by atoms with E-state index in [0.29, 0.717) is 6.61 Å². The van der Waals surface area contributed by atoms with Crippen molar-refractivity contribution in [2.45, 2.75) is 26.6 Å². The third-order valence-electron chi connectivity index (χ3n) is 3.64. The van der Waals surface area contributed by atoms with Gasteiger partial charge in [-0.15, -0.1) is 0 Å². The van der Waals surface area contributed by atoms with Crippen molar-refractivity contribution in [2.24, 2.45) is 0 Å². The fourth-order valence-electron chi connectivity index (χ4n) is 2.35. The Morgan fingerprint density at radius 3 is 2.57 bits per heavy atom. The zero-order valence-electron chi connectivity index (χ0n) is 14.0. The van der Waals surface area contributed by atoms with Gasteiger partial charge in [-0.2, -0.15) is 0 Å². The van der Waals surface area contributed by atoms with Crippen LogP contribution in [0.1, 0.15) is 28.4 Å². The molecule has 1 atom stereocenters. The second kappa shape index (κ2) is 7.79. The molecule has 2 aromatic rings. The summed E-state index contributed by atoms with van der Waals surface area (Å²) in [5, 5.41) is 0. The van der Waals surface area contributed by atoms with Gasteiger partial charge in [0.05, 0.1) is 7.11 Å². The lowest BCUT2D eigenvalue weighted by Gasteiger charge is -2.15. The molecule has 122 valence electrons. The molecule has 2 rings (SSSR count). The number of benzene rings is 2. The summed E-state index contributed by atoms with van der Waals surface area (Å²) in [5.41, 5.74) is 3.97. The highest BCUT2D eigenvalue weighted by molar-refractivity contribution is 5.76. The first-order valence-corrected chi connectivity index (χ1v) is 7.44. The van der Waals surface area contributed by atoms with Crippen LogP contribution in [-0.2, 0) is 20.9 Å². The van der Waals surface area contributed by atoms with Crippen LogP contribution < -0.4 is 4.74 Å². The number of carbonyl (C=O) groups is 1. The zero-order valence-corrected chi connectivity index (χ0v) is 14.0. The Kier molecular flexibility index (Phi) is 5.77. The SMILES string of the molecule is COC(=O)C(OC)c1cccc(COc2cc(C)ccc2C)c1. The van der Waals surface area contributed by atoms with Gasteiger partial charge < -0.3 is 14.2 Å². The summed E-state index contributed by atoms with van der Waals surface area (Å²) in [4.78, 5) is 11.7. The highest BCUT2D eigenvalue weighted by atomic mass is 16.6. The Balaban J connectivity index is 2.14. The maximum absolute atomic E-state index is 11.7. The molecule has 0 aliphatic rings. The van der Waals surface area contributed by atoms with Crippen LogP contribution in [0, 0.1) is 13.8 Å². The molecule has 23 heavy (non-hydrogen) atoms. The maximum Gasteiger partial charge on any atom is 0.339 e. The first-order valence-electron chi connectivity index (χ1n) is 7.44. The predicted octanol–water partition coefficient (Wildman–Crippen LogP) is 3.74. The zero-order chi connectivity index (χ0) is 16.8. The van der Waals surface area contributed by atoms with Crippen molar-refractivity contribution in [1.82, 2.24) is 0 Å². The van der Waals surface area contributed by atoms with Crippen LogP contribution in [0.3, 0.4) is 0 Å². The van der Waals surface area contributed by atoms with Gasteiger partial charge in [-0.3, -0.25) is 0 Å². The molecule has 0 saturated heterocycles. The smallest absolute Gasteiger partial charge is 0.339 e. The number of carbonyl (C=O) groups excluding carboxylic acids is 1. The summed E-state index contributed by atoms with van der Waals surface area (Å²) < 4.78 is 15.9. The molecule has 0 spiro atoms. The van der Waals surface area contributed by atoms with Crippen LogP contribution >= 0.6 is 0 Å². The number of rotatable bonds is 6.